The summed E-state index contributed by atoms with van der Waals surface area (Å²) in [5.41, 5.74) is 0. The lowest BCUT2D eigenvalue weighted by molar-refractivity contribution is -0.333. The molecule has 0 saturated carbocycles. The maximum absolute atomic E-state index is 13.0. The third kappa shape index (κ3) is 28.6. The second kappa shape index (κ2) is 33.3. The van der Waals surface area contributed by atoms with Crippen LogP contribution >= 0.6 is 0 Å². The largest absolute Gasteiger partial charge is 0.423 e. The average molecular weight is 653 g/mol. The molecule has 0 rings (SSSR count). The minimum absolute atomic E-state index is 0.142. The Morgan fingerprint density at radius 3 is 0.761 bits per heavy atom. The standard InChI is InChI=1S/C40H76O6/c1-5-9-12-15-18-21-24-27-30-33-37(41)44-40(36-8-4,45-38(42)34-31-28-25-22-19-16-13-10-6-2)46-39(43)35-32-29-26-23-20-17-14-11-7-3/h5-36H2,1-4H3. The quantitative estimate of drug-likeness (QED) is 0.0385. The van der Waals surface area contributed by atoms with E-state index in [1.165, 1.54) is 116 Å². The molecule has 0 unspecified atom stereocenters. The lowest BCUT2D eigenvalue weighted by atomic mass is 10.1. The van der Waals surface area contributed by atoms with Gasteiger partial charge in [0.25, 0.3) is 0 Å². The number of rotatable bonds is 35. The lowest BCUT2D eigenvalue weighted by Gasteiger charge is -2.31. The van der Waals surface area contributed by atoms with Crippen LogP contribution in [0.1, 0.15) is 233 Å². The van der Waals surface area contributed by atoms with E-state index in [1.54, 1.807) is 0 Å². The fourth-order valence-corrected chi connectivity index (χ4v) is 5.94. The van der Waals surface area contributed by atoms with Crippen molar-refractivity contribution in [1.29, 1.82) is 0 Å². The fourth-order valence-electron chi connectivity index (χ4n) is 5.94. The maximum atomic E-state index is 13.0. The minimum Gasteiger partial charge on any atom is -0.388 e. The molecule has 0 aliphatic heterocycles. The summed E-state index contributed by atoms with van der Waals surface area (Å²) < 4.78 is 17.3. The van der Waals surface area contributed by atoms with Crippen LogP contribution in [0.3, 0.4) is 0 Å². The van der Waals surface area contributed by atoms with E-state index in [1.807, 2.05) is 6.92 Å². The van der Waals surface area contributed by atoms with Crippen LogP contribution in [-0.2, 0) is 28.6 Å². The van der Waals surface area contributed by atoms with Gasteiger partial charge in [0.05, 0.1) is 6.42 Å². The van der Waals surface area contributed by atoms with E-state index in [9.17, 15) is 14.4 Å². The van der Waals surface area contributed by atoms with Gasteiger partial charge in [0.15, 0.2) is 0 Å². The van der Waals surface area contributed by atoms with Crippen molar-refractivity contribution in [3.05, 3.63) is 0 Å². The number of hydrogen-bond donors (Lipinski definition) is 0. The van der Waals surface area contributed by atoms with Crippen LogP contribution in [0.5, 0.6) is 0 Å². The van der Waals surface area contributed by atoms with Gasteiger partial charge in [-0.25, -0.2) is 0 Å². The first-order chi connectivity index (χ1) is 22.4. The van der Waals surface area contributed by atoms with Gasteiger partial charge in [-0.05, 0) is 25.7 Å². The summed E-state index contributed by atoms with van der Waals surface area (Å²) in [4.78, 5) is 38.9. The third-order valence-electron chi connectivity index (χ3n) is 8.82. The molecule has 0 spiro atoms. The van der Waals surface area contributed by atoms with Crippen molar-refractivity contribution < 1.29 is 28.6 Å². The molecule has 0 bridgehead atoms. The van der Waals surface area contributed by atoms with Crippen LogP contribution in [0.15, 0.2) is 0 Å². The molecule has 6 nitrogen and oxygen atoms in total. The first-order valence-corrected chi connectivity index (χ1v) is 20.1. The average Bonchev–Trinajstić information content (AvgIpc) is 3.02. The van der Waals surface area contributed by atoms with Crippen LogP contribution in [0.2, 0.25) is 0 Å². The molecular weight excluding hydrogens is 576 g/mol. The zero-order chi connectivity index (χ0) is 34.0. The number of carbonyl (C=O) groups excluding carboxylic acids is 3. The van der Waals surface area contributed by atoms with Crippen molar-refractivity contribution in [1.82, 2.24) is 0 Å². The molecule has 0 heterocycles. The van der Waals surface area contributed by atoms with Crippen LogP contribution in [0.4, 0.5) is 0 Å². The maximum Gasteiger partial charge on any atom is 0.423 e. The number of hydrogen-bond acceptors (Lipinski definition) is 6. The van der Waals surface area contributed by atoms with Gasteiger partial charge in [-0.3, -0.25) is 14.4 Å². The highest BCUT2D eigenvalue weighted by Gasteiger charge is 2.42. The molecule has 0 radical (unpaired) electrons. The molecular formula is C40H76O6. The number of esters is 3. The van der Waals surface area contributed by atoms with Crippen molar-refractivity contribution in [2.45, 2.75) is 239 Å². The second-order valence-electron chi connectivity index (χ2n) is 13.6. The van der Waals surface area contributed by atoms with E-state index in [-0.39, 0.29) is 25.7 Å². The summed E-state index contributed by atoms with van der Waals surface area (Å²) in [6.45, 7) is 8.59. The molecule has 0 saturated heterocycles. The van der Waals surface area contributed by atoms with E-state index in [2.05, 4.69) is 20.8 Å². The number of ether oxygens (including phenoxy) is 3. The molecule has 6 heteroatoms. The Morgan fingerprint density at radius 2 is 0.543 bits per heavy atom. The van der Waals surface area contributed by atoms with Crippen LogP contribution in [0, 0.1) is 0 Å². The Hall–Kier alpha value is -1.59. The van der Waals surface area contributed by atoms with E-state index in [4.69, 9.17) is 14.2 Å². The SMILES string of the molecule is CCCCCCCCCCCC(=O)OC(CCC)(OC(=O)CCCCCCCCCCC)OC(=O)CCCCCCCCCCC. The van der Waals surface area contributed by atoms with Crippen LogP contribution in [0.25, 0.3) is 0 Å². The van der Waals surface area contributed by atoms with E-state index in [0.717, 1.165) is 57.8 Å². The number of unbranched alkanes of at least 4 members (excludes halogenated alkanes) is 24. The summed E-state index contributed by atoms with van der Waals surface area (Å²) in [6, 6.07) is 0. The van der Waals surface area contributed by atoms with Gasteiger partial charge in [0, 0.05) is 19.3 Å². The molecule has 0 amide bonds. The Balaban J connectivity index is 4.86. The molecule has 0 aliphatic rings. The predicted molar refractivity (Wildman–Crippen MR) is 191 cm³/mol. The zero-order valence-electron chi connectivity index (χ0n) is 31.1. The van der Waals surface area contributed by atoms with E-state index < -0.39 is 23.9 Å². The van der Waals surface area contributed by atoms with Crippen molar-refractivity contribution in [2.75, 3.05) is 0 Å². The second-order valence-corrected chi connectivity index (χ2v) is 13.6. The fraction of sp³-hybridized carbons (Fsp3) is 0.925. The molecule has 0 aliphatic carbocycles. The first kappa shape index (κ1) is 44.4. The Bertz CT molecular complexity index is 618. The van der Waals surface area contributed by atoms with Crippen LogP contribution < -0.4 is 0 Å². The van der Waals surface area contributed by atoms with E-state index >= 15 is 0 Å². The van der Waals surface area contributed by atoms with Gasteiger partial charge < -0.3 is 14.2 Å². The van der Waals surface area contributed by atoms with Gasteiger partial charge in [-0.2, -0.15) is 0 Å². The highest BCUT2D eigenvalue weighted by Crippen LogP contribution is 2.26. The van der Waals surface area contributed by atoms with E-state index in [0.29, 0.717) is 6.42 Å². The molecule has 272 valence electrons. The molecule has 0 aromatic carbocycles. The third-order valence-corrected chi connectivity index (χ3v) is 8.82. The molecule has 0 fully saturated rings. The Kier molecular flexibility index (Phi) is 32.2. The molecule has 0 aromatic rings. The lowest BCUT2D eigenvalue weighted by Crippen LogP contribution is -2.44. The van der Waals surface area contributed by atoms with Gasteiger partial charge in [-0.1, -0.05) is 182 Å². The molecule has 0 atom stereocenters. The van der Waals surface area contributed by atoms with Crippen molar-refractivity contribution in [2.24, 2.45) is 0 Å². The normalized spacial score (nSPS) is 11.5. The monoisotopic (exact) mass is 653 g/mol. The summed E-state index contributed by atoms with van der Waals surface area (Å²) >= 11 is 0. The summed E-state index contributed by atoms with van der Waals surface area (Å²) in [5.74, 6) is -3.37. The van der Waals surface area contributed by atoms with Gasteiger partial charge >= 0.3 is 23.9 Å². The highest BCUT2D eigenvalue weighted by molar-refractivity contribution is 5.74. The first-order valence-electron chi connectivity index (χ1n) is 20.1. The van der Waals surface area contributed by atoms with Crippen molar-refractivity contribution in [3.8, 4) is 0 Å². The summed E-state index contributed by atoms with van der Waals surface area (Å²) in [6.07, 6.45) is 32.4. The highest BCUT2D eigenvalue weighted by atomic mass is 16.9. The summed E-state index contributed by atoms with van der Waals surface area (Å²) in [5, 5.41) is 0. The topological polar surface area (TPSA) is 78.9 Å². The van der Waals surface area contributed by atoms with Gasteiger partial charge in [0.1, 0.15) is 0 Å². The predicted octanol–water partition coefficient (Wildman–Crippen LogP) is 12.8. The smallest absolute Gasteiger partial charge is 0.388 e. The molecule has 0 aromatic heterocycles. The number of carbonyl (C=O) groups is 3. The van der Waals surface area contributed by atoms with Crippen LogP contribution in [-0.4, -0.2) is 23.9 Å². The van der Waals surface area contributed by atoms with Gasteiger partial charge in [-0.15, -0.1) is 0 Å². The Labute approximate surface area is 285 Å². The summed E-state index contributed by atoms with van der Waals surface area (Å²) in [7, 11) is 0. The Morgan fingerprint density at radius 1 is 0.326 bits per heavy atom. The van der Waals surface area contributed by atoms with Crippen molar-refractivity contribution in [3.63, 3.8) is 0 Å². The molecule has 0 N–H and O–H groups in total. The minimum atomic E-state index is -1.96. The molecule has 46 heavy (non-hydrogen) atoms. The van der Waals surface area contributed by atoms with Gasteiger partial charge in [0.2, 0.25) is 0 Å². The van der Waals surface area contributed by atoms with Crippen molar-refractivity contribution >= 4 is 17.9 Å². The zero-order valence-corrected chi connectivity index (χ0v) is 31.1.